The van der Waals surface area contributed by atoms with Crippen LogP contribution in [0.15, 0.2) is 42.5 Å². The Kier molecular flexibility index (Phi) is 5.98. The van der Waals surface area contributed by atoms with Gasteiger partial charge in [-0.3, -0.25) is 9.59 Å². The fourth-order valence-electron chi connectivity index (χ4n) is 1.89. The van der Waals surface area contributed by atoms with Gasteiger partial charge in [-0.2, -0.15) is 0 Å². The van der Waals surface area contributed by atoms with E-state index in [1.807, 2.05) is 24.3 Å². The molecule has 0 bridgehead atoms. The molecule has 0 unspecified atom stereocenters. The molecule has 2 aromatic rings. The summed E-state index contributed by atoms with van der Waals surface area (Å²) in [5.74, 6) is -1.52. The molecular formula is C16H15Cl2N3O2. The Morgan fingerprint density at radius 3 is 2.39 bits per heavy atom. The summed E-state index contributed by atoms with van der Waals surface area (Å²) in [4.78, 5) is 23.7. The van der Waals surface area contributed by atoms with Crippen LogP contribution >= 0.6 is 23.2 Å². The van der Waals surface area contributed by atoms with Crippen molar-refractivity contribution < 1.29 is 9.59 Å². The predicted molar refractivity (Wildman–Crippen MR) is 91.3 cm³/mol. The molecule has 5 nitrogen and oxygen atoms in total. The minimum Gasteiger partial charge on any atom is -0.344 e. The van der Waals surface area contributed by atoms with Crippen LogP contribution in [0.3, 0.4) is 0 Å². The second kappa shape index (κ2) is 7.97. The number of carbonyl (C=O) groups is 2. The summed E-state index contributed by atoms with van der Waals surface area (Å²) < 4.78 is 0. The Morgan fingerprint density at radius 1 is 0.957 bits per heavy atom. The van der Waals surface area contributed by atoms with Crippen LogP contribution in [0.25, 0.3) is 0 Å². The standard InChI is InChI=1S/C16H15Cl2N3O2/c17-13-5-4-12(7-14(13)18)21-16(23)15(22)20-9-11-3-1-2-10(6-11)8-19/h1-7H,8-9,19H2,(H,20,22)(H,21,23). The third-order valence-corrected chi connectivity index (χ3v) is 3.80. The molecule has 7 heteroatoms. The molecule has 0 aromatic heterocycles. The van der Waals surface area contributed by atoms with Crippen LogP contribution in [-0.2, 0) is 22.7 Å². The lowest BCUT2D eigenvalue weighted by Gasteiger charge is -2.08. The summed E-state index contributed by atoms with van der Waals surface area (Å²) >= 11 is 11.6. The van der Waals surface area contributed by atoms with Crippen molar-refractivity contribution in [2.75, 3.05) is 5.32 Å². The van der Waals surface area contributed by atoms with E-state index in [2.05, 4.69) is 10.6 Å². The van der Waals surface area contributed by atoms with Crippen LogP contribution in [0.1, 0.15) is 11.1 Å². The van der Waals surface area contributed by atoms with E-state index < -0.39 is 11.8 Å². The summed E-state index contributed by atoms with van der Waals surface area (Å²) in [5.41, 5.74) is 7.77. The molecule has 0 aliphatic carbocycles. The second-order valence-electron chi connectivity index (χ2n) is 4.79. The average Bonchev–Trinajstić information content (AvgIpc) is 2.56. The van der Waals surface area contributed by atoms with Gasteiger partial charge in [0.1, 0.15) is 0 Å². The number of carbonyl (C=O) groups excluding carboxylic acids is 2. The van der Waals surface area contributed by atoms with Crippen molar-refractivity contribution in [3.8, 4) is 0 Å². The Morgan fingerprint density at radius 2 is 1.70 bits per heavy atom. The first-order valence-corrected chi connectivity index (χ1v) is 7.57. The van der Waals surface area contributed by atoms with E-state index in [4.69, 9.17) is 28.9 Å². The van der Waals surface area contributed by atoms with Gasteiger partial charge in [-0.25, -0.2) is 0 Å². The third-order valence-electron chi connectivity index (χ3n) is 3.06. The Hall–Kier alpha value is -2.08. The van der Waals surface area contributed by atoms with Crippen LogP contribution in [-0.4, -0.2) is 11.8 Å². The van der Waals surface area contributed by atoms with Crippen LogP contribution in [0.4, 0.5) is 5.69 Å². The first-order chi connectivity index (χ1) is 11.0. The van der Waals surface area contributed by atoms with Crippen molar-refractivity contribution in [1.82, 2.24) is 5.32 Å². The Labute approximate surface area is 143 Å². The molecule has 23 heavy (non-hydrogen) atoms. The van der Waals surface area contributed by atoms with Gasteiger partial charge >= 0.3 is 11.8 Å². The van der Waals surface area contributed by atoms with Crippen LogP contribution in [0.5, 0.6) is 0 Å². The SMILES string of the molecule is NCc1cccc(CNC(=O)C(=O)Nc2ccc(Cl)c(Cl)c2)c1. The van der Waals surface area contributed by atoms with Crippen molar-refractivity contribution in [2.45, 2.75) is 13.1 Å². The predicted octanol–water partition coefficient (Wildman–Crippen LogP) is 2.71. The minimum atomic E-state index is -0.779. The lowest BCUT2D eigenvalue weighted by atomic mass is 10.1. The highest BCUT2D eigenvalue weighted by atomic mass is 35.5. The normalized spacial score (nSPS) is 10.2. The number of nitrogens with one attached hydrogen (secondary N) is 2. The van der Waals surface area contributed by atoms with Crippen molar-refractivity contribution in [3.05, 3.63) is 63.6 Å². The van der Waals surface area contributed by atoms with E-state index in [0.717, 1.165) is 11.1 Å². The highest BCUT2D eigenvalue weighted by molar-refractivity contribution is 6.42. The van der Waals surface area contributed by atoms with E-state index >= 15 is 0 Å². The molecule has 0 spiro atoms. The van der Waals surface area contributed by atoms with Crippen LogP contribution in [0, 0.1) is 0 Å². The van der Waals surface area contributed by atoms with Crippen LogP contribution < -0.4 is 16.4 Å². The van der Waals surface area contributed by atoms with Crippen molar-refractivity contribution >= 4 is 40.7 Å². The summed E-state index contributed by atoms with van der Waals surface area (Å²) in [6.07, 6.45) is 0. The lowest BCUT2D eigenvalue weighted by Crippen LogP contribution is -2.34. The van der Waals surface area contributed by atoms with Gasteiger partial charge in [0.2, 0.25) is 0 Å². The second-order valence-corrected chi connectivity index (χ2v) is 5.60. The summed E-state index contributed by atoms with van der Waals surface area (Å²) in [6.45, 7) is 0.654. The van der Waals surface area contributed by atoms with Crippen molar-refractivity contribution in [3.63, 3.8) is 0 Å². The number of hydrogen-bond donors (Lipinski definition) is 3. The fraction of sp³-hybridized carbons (Fsp3) is 0.125. The van der Waals surface area contributed by atoms with Gasteiger partial charge in [0.05, 0.1) is 10.0 Å². The van der Waals surface area contributed by atoms with E-state index in [1.54, 1.807) is 6.07 Å². The molecule has 0 radical (unpaired) electrons. The molecule has 0 atom stereocenters. The van der Waals surface area contributed by atoms with E-state index in [1.165, 1.54) is 12.1 Å². The zero-order valence-corrected chi connectivity index (χ0v) is 13.6. The Balaban J connectivity index is 1.91. The Bertz CT molecular complexity index is 735. The maximum Gasteiger partial charge on any atom is 0.313 e. The van der Waals surface area contributed by atoms with Gasteiger partial charge in [-0.15, -0.1) is 0 Å². The van der Waals surface area contributed by atoms with Crippen molar-refractivity contribution in [1.29, 1.82) is 0 Å². The maximum atomic E-state index is 11.8. The summed E-state index contributed by atoms with van der Waals surface area (Å²) in [7, 11) is 0. The number of benzene rings is 2. The molecule has 0 heterocycles. The lowest BCUT2D eigenvalue weighted by molar-refractivity contribution is -0.136. The number of amides is 2. The van der Waals surface area contributed by atoms with Gasteiger partial charge in [0.25, 0.3) is 0 Å². The van der Waals surface area contributed by atoms with Gasteiger partial charge in [0, 0.05) is 18.8 Å². The first kappa shape index (κ1) is 17.3. The van der Waals surface area contributed by atoms with Crippen LogP contribution in [0.2, 0.25) is 10.0 Å². The highest BCUT2D eigenvalue weighted by Crippen LogP contribution is 2.24. The number of nitrogens with two attached hydrogens (primary N) is 1. The number of rotatable bonds is 4. The maximum absolute atomic E-state index is 11.8. The van der Waals surface area contributed by atoms with E-state index in [9.17, 15) is 9.59 Å². The van der Waals surface area contributed by atoms with Gasteiger partial charge in [0.15, 0.2) is 0 Å². The molecule has 2 amide bonds. The molecule has 0 aliphatic rings. The topological polar surface area (TPSA) is 84.2 Å². The first-order valence-electron chi connectivity index (χ1n) is 6.81. The molecule has 2 rings (SSSR count). The number of anilines is 1. The van der Waals surface area contributed by atoms with Gasteiger partial charge in [-0.05, 0) is 29.3 Å². The molecule has 4 N–H and O–H groups in total. The molecule has 0 saturated carbocycles. The van der Waals surface area contributed by atoms with E-state index in [-0.39, 0.29) is 6.54 Å². The molecule has 0 aliphatic heterocycles. The smallest absolute Gasteiger partial charge is 0.313 e. The van der Waals surface area contributed by atoms with Crippen molar-refractivity contribution in [2.24, 2.45) is 5.73 Å². The number of halogens is 2. The summed E-state index contributed by atoms with van der Waals surface area (Å²) in [5, 5.41) is 5.66. The number of hydrogen-bond acceptors (Lipinski definition) is 3. The fourth-order valence-corrected chi connectivity index (χ4v) is 2.19. The highest BCUT2D eigenvalue weighted by Gasteiger charge is 2.14. The molecule has 2 aromatic carbocycles. The zero-order valence-electron chi connectivity index (χ0n) is 12.1. The van der Waals surface area contributed by atoms with Gasteiger partial charge in [-0.1, -0.05) is 47.5 Å². The quantitative estimate of drug-likeness (QED) is 0.740. The van der Waals surface area contributed by atoms with Gasteiger partial charge < -0.3 is 16.4 Å². The van der Waals surface area contributed by atoms with E-state index in [0.29, 0.717) is 22.3 Å². The largest absolute Gasteiger partial charge is 0.344 e. The molecule has 0 saturated heterocycles. The summed E-state index contributed by atoms with van der Waals surface area (Å²) in [6, 6.07) is 12.0. The third kappa shape index (κ3) is 4.96. The monoisotopic (exact) mass is 351 g/mol. The zero-order chi connectivity index (χ0) is 16.8. The molecular weight excluding hydrogens is 337 g/mol. The molecule has 120 valence electrons. The average molecular weight is 352 g/mol. The molecule has 0 fully saturated rings. The minimum absolute atomic E-state index is 0.238.